The van der Waals surface area contributed by atoms with Crippen LogP contribution >= 0.6 is 0 Å². The lowest BCUT2D eigenvalue weighted by Gasteiger charge is -2.17. The van der Waals surface area contributed by atoms with Crippen LogP contribution in [-0.2, 0) is 9.22 Å². The second-order valence-corrected chi connectivity index (χ2v) is 8.04. The van der Waals surface area contributed by atoms with Crippen LogP contribution in [0.4, 0.5) is 0 Å². The Hall–Kier alpha value is -0.613. The number of nitrogens with two attached hydrogens (primary N) is 1. The van der Waals surface area contributed by atoms with Gasteiger partial charge in [-0.25, -0.2) is 0 Å². The van der Waals surface area contributed by atoms with Crippen molar-refractivity contribution in [2.45, 2.75) is 39.4 Å². The van der Waals surface area contributed by atoms with Crippen molar-refractivity contribution in [3.05, 3.63) is 12.2 Å². The van der Waals surface area contributed by atoms with Crippen LogP contribution in [0.15, 0.2) is 12.2 Å². The van der Waals surface area contributed by atoms with Gasteiger partial charge in [0.2, 0.25) is 5.91 Å². The minimum atomic E-state index is -1.18. The molecule has 0 aromatic rings. The third-order valence-corrected chi connectivity index (χ3v) is 4.54. The van der Waals surface area contributed by atoms with E-state index in [-0.39, 0.29) is 0 Å². The molecule has 84 valence electrons. The van der Waals surface area contributed by atoms with Gasteiger partial charge in [0.25, 0.3) is 0 Å². The summed E-state index contributed by atoms with van der Waals surface area (Å²) in [5.41, 5.74) is 4.68. The largest absolute Gasteiger partial charge is 0.420 e. The Kier molecular flexibility index (Phi) is 10.1. The molecule has 0 fully saturated rings. The molecule has 0 atom stereocenters. The van der Waals surface area contributed by atoms with Crippen LogP contribution in [0, 0.1) is 0 Å². The summed E-state index contributed by atoms with van der Waals surface area (Å²) in [6, 6.07) is 1.28. The number of rotatable bonds is 4. The topological polar surface area (TPSA) is 52.3 Å². The molecule has 0 unspecified atom stereocenters. The number of carbonyl (C=O) groups excluding carboxylic acids is 1. The van der Waals surface area contributed by atoms with Gasteiger partial charge in [-0.1, -0.05) is 19.4 Å². The standard InChI is InChI=1S/C6H16OSi.C4H7NO/c1-5-6-8(3,4)7-2;1-2-3-4(5)6/h5-6H2,1-4H3;2-3H,1H3,(H2,5,6). The van der Waals surface area contributed by atoms with Gasteiger partial charge >= 0.3 is 0 Å². The Bertz CT molecular complexity index is 179. The molecule has 0 aliphatic heterocycles. The van der Waals surface area contributed by atoms with Gasteiger partial charge in [-0.15, -0.1) is 0 Å². The van der Waals surface area contributed by atoms with E-state index in [0.29, 0.717) is 0 Å². The van der Waals surface area contributed by atoms with E-state index < -0.39 is 14.2 Å². The Morgan fingerprint density at radius 2 is 2.00 bits per heavy atom. The highest BCUT2D eigenvalue weighted by atomic mass is 28.4. The SMILES string of the molecule is CC=CC(N)=O.CCC[Si](C)(C)OC. The van der Waals surface area contributed by atoms with Crippen LogP contribution in [0.1, 0.15) is 20.3 Å². The predicted molar refractivity (Wildman–Crippen MR) is 63.6 cm³/mol. The summed E-state index contributed by atoms with van der Waals surface area (Å²) in [5, 5.41) is 0. The number of allylic oxidation sites excluding steroid dienone is 1. The predicted octanol–water partition coefficient (Wildman–Crippen LogP) is 2.30. The van der Waals surface area contributed by atoms with Crippen LogP contribution in [0.5, 0.6) is 0 Å². The van der Waals surface area contributed by atoms with Crippen molar-refractivity contribution in [1.82, 2.24) is 0 Å². The van der Waals surface area contributed by atoms with Crippen molar-refractivity contribution < 1.29 is 9.22 Å². The molecular weight excluding hydrogens is 194 g/mol. The molecule has 0 aromatic carbocycles. The molecule has 0 aliphatic carbocycles. The van der Waals surface area contributed by atoms with Gasteiger partial charge in [0.1, 0.15) is 0 Å². The quantitative estimate of drug-likeness (QED) is 0.580. The number of carbonyl (C=O) groups is 1. The molecule has 0 rings (SSSR count). The lowest BCUT2D eigenvalue weighted by Crippen LogP contribution is -2.27. The van der Waals surface area contributed by atoms with E-state index in [9.17, 15) is 4.79 Å². The van der Waals surface area contributed by atoms with Gasteiger partial charge in [-0.3, -0.25) is 4.79 Å². The fourth-order valence-corrected chi connectivity index (χ4v) is 2.28. The molecule has 3 nitrogen and oxygen atoms in total. The van der Waals surface area contributed by atoms with Crippen LogP contribution in [-0.4, -0.2) is 21.3 Å². The molecule has 0 spiro atoms. The summed E-state index contributed by atoms with van der Waals surface area (Å²) in [5.74, 6) is -0.391. The highest BCUT2D eigenvalue weighted by Crippen LogP contribution is 2.10. The van der Waals surface area contributed by atoms with Crippen molar-refractivity contribution >= 4 is 14.2 Å². The van der Waals surface area contributed by atoms with Gasteiger partial charge in [-0.2, -0.15) is 0 Å². The summed E-state index contributed by atoms with van der Waals surface area (Å²) >= 11 is 0. The molecule has 2 N–H and O–H groups in total. The van der Waals surface area contributed by atoms with Gasteiger partial charge in [0.15, 0.2) is 8.32 Å². The molecule has 4 heteroatoms. The van der Waals surface area contributed by atoms with Gasteiger partial charge in [0, 0.05) is 7.11 Å². The second-order valence-electron chi connectivity index (χ2n) is 3.62. The summed E-state index contributed by atoms with van der Waals surface area (Å²) < 4.78 is 5.32. The van der Waals surface area contributed by atoms with Crippen molar-refractivity contribution in [1.29, 1.82) is 0 Å². The Balaban J connectivity index is 0. The maximum Gasteiger partial charge on any atom is 0.241 e. The zero-order valence-corrected chi connectivity index (χ0v) is 11.0. The van der Waals surface area contributed by atoms with Crippen LogP contribution in [0.2, 0.25) is 19.1 Å². The van der Waals surface area contributed by atoms with Crippen LogP contribution in [0.25, 0.3) is 0 Å². The van der Waals surface area contributed by atoms with Crippen molar-refractivity contribution in [3.8, 4) is 0 Å². The smallest absolute Gasteiger partial charge is 0.241 e. The number of primary amides is 1. The molecule has 0 saturated heterocycles. The first-order valence-electron chi connectivity index (χ1n) is 4.87. The van der Waals surface area contributed by atoms with Gasteiger partial charge in [-0.05, 0) is 32.1 Å². The molecule has 0 radical (unpaired) electrons. The molecule has 14 heavy (non-hydrogen) atoms. The molecular formula is C10H23NO2Si. The highest BCUT2D eigenvalue weighted by molar-refractivity contribution is 6.71. The van der Waals surface area contributed by atoms with E-state index >= 15 is 0 Å². The van der Waals surface area contributed by atoms with Crippen molar-refractivity contribution in [3.63, 3.8) is 0 Å². The Morgan fingerprint density at radius 3 is 2.07 bits per heavy atom. The van der Waals surface area contributed by atoms with Gasteiger partial charge < -0.3 is 10.2 Å². The minimum absolute atomic E-state index is 0.391. The van der Waals surface area contributed by atoms with E-state index in [1.54, 1.807) is 13.0 Å². The van der Waals surface area contributed by atoms with E-state index in [0.717, 1.165) is 0 Å². The first-order chi connectivity index (χ1) is 6.39. The molecule has 0 aliphatic rings. The van der Waals surface area contributed by atoms with E-state index in [2.05, 4.69) is 25.8 Å². The highest BCUT2D eigenvalue weighted by Gasteiger charge is 2.17. The minimum Gasteiger partial charge on any atom is -0.420 e. The Morgan fingerprint density at radius 1 is 1.50 bits per heavy atom. The zero-order valence-electron chi connectivity index (χ0n) is 9.96. The molecule has 0 aromatic heterocycles. The van der Waals surface area contributed by atoms with Crippen molar-refractivity contribution in [2.24, 2.45) is 5.73 Å². The van der Waals surface area contributed by atoms with Gasteiger partial charge in [0.05, 0.1) is 0 Å². The maximum absolute atomic E-state index is 9.73. The molecule has 0 bridgehead atoms. The summed E-state index contributed by atoms with van der Waals surface area (Å²) in [6.07, 6.45) is 4.16. The number of hydrogen-bond donors (Lipinski definition) is 1. The van der Waals surface area contributed by atoms with E-state index in [1.165, 1.54) is 18.5 Å². The third-order valence-electron chi connectivity index (χ3n) is 1.74. The normalized spacial score (nSPS) is 10.9. The number of hydrogen-bond acceptors (Lipinski definition) is 2. The summed E-state index contributed by atoms with van der Waals surface area (Å²) in [7, 11) is 0.644. The molecule has 1 amide bonds. The first kappa shape index (κ1) is 15.8. The Labute approximate surface area is 88.5 Å². The fraction of sp³-hybridized carbons (Fsp3) is 0.700. The third kappa shape index (κ3) is 13.9. The maximum atomic E-state index is 9.73. The van der Waals surface area contributed by atoms with Crippen LogP contribution in [0.3, 0.4) is 0 Å². The van der Waals surface area contributed by atoms with Crippen molar-refractivity contribution in [2.75, 3.05) is 7.11 Å². The van der Waals surface area contributed by atoms with E-state index in [4.69, 9.17) is 4.43 Å². The lowest BCUT2D eigenvalue weighted by molar-refractivity contribution is -0.113. The average Bonchev–Trinajstić information content (AvgIpc) is 2.05. The summed E-state index contributed by atoms with van der Waals surface area (Å²) in [6.45, 7) is 8.44. The average molecular weight is 217 g/mol. The number of amides is 1. The fourth-order valence-electron chi connectivity index (χ4n) is 0.868. The summed E-state index contributed by atoms with van der Waals surface area (Å²) in [4.78, 5) is 9.73. The van der Waals surface area contributed by atoms with E-state index in [1.807, 2.05) is 7.11 Å². The first-order valence-corrected chi connectivity index (χ1v) is 7.98. The monoisotopic (exact) mass is 217 g/mol. The second kappa shape index (κ2) is 8.96. The zero-order chi connectivity index (χ0) is 11.6. The molecule has 0 heterocycles. The van der Waals surface area contributed by atoms with Crippen LogP contribution < -0.4 is 5.73 Å². The molecule has 0 saturated carbocycles. The lowest BCUT2D eigenvalue weighted by atomic mass is 10.5.